The molecule has 2 aromatic carbocycles. The molecule has 1 amide bonds. The highest BCUT2D eigenvalue weighted by Gasteiger charge is 2.14. The Hall–Kier alpha value is -1.85. The Morgan fingerprint density at radius 1 is 1.21 bits per heavy atom. The standard InChI is InChI=1S/C18H18ClNO3S/c1-12(13-3-2-4-14(19)9-13)20-18(21)11-24-15-5-6-16-17(10-15)23-8-7-22-16/h2-6,9-10,12H,7-8,11H2,1H3,(H,20,21)/t12-/m1/s1. The lowest BCUT2D eigenvalue weighted by atomic mass is 10.1. The third-order valence-electron chi connectivity index (χ3n) is 3.61. The number of nitrogens with one attached hydrogen (secondary N) is 1. The largest absolute Gasteiger partial charge is 0.486 e. The van der Waals surface area contributed by atoms with Gasteiger partial charge in [0.15, 0.2) is 11.5 Å². The minimum atomic E-state index is -0.0860. The number of rotatable bonds is 5. The van der Waals surface area contributed by atoms with E-state index in [9.17, 15) is 4.79 Å². The molecule has 0 saturated carbocycles. The molecule has 1 N–H and O–H groups in total. The molecule has 24 heavy (non-hydrogen) atoms. The number of carbonyl (C=O) groups excluding carboxylic acids is 1. The summed E-state index contributed by atoms with van der Waals surface area (Å²) in [5, 5.41) is 3.65. The Morgan fingerprint density at radius 2 is 2.00 bits per heavy atom. The van der Waals surface area contributed by atoms with Crippen molar-refractivity contribution in [1.29, 1.82) is 0 Å². The van der Waals surface area contributed by atoms with Crippen LogP contribution in [-0.2, 0) is 4.79 Å². The van der Waals surface area contributed by atoms with Gasteiger partial charge >= 0.3 is 0 Å². The Morgan fingerprint density at radius 3 is 2.79 bits per heavy atom. The lowest BCUT2D eigenvalue weighted by molar-refractivity contribution is -0.119. The maximum absolute atomic E-state index is 12.2. The summed E-state index contributed by atoms with van der Waals surface area (Å²) in [6.45, 7) is 3.07. The van der Waals surface area contributed by atoms with Crippen molar-refractivity contribution in [1.82, 2.24) is 5.32 Å². The Labute approximate surface area is 150 Å². The van der Waals surface area contributed by atoms with Gasteiger partial charge in [0.2, 0.25) is 5.91 Å². The van der Waals surface area contributed by atoms with Gasteiger partial charge in [-0.1, -0.05) is 23.7 Å². The number of hydrogen-bond donors (Lipinski definition) is 1. The first kappa shape index (κ1) is 17.0. The van der Waals surface area contributed by atoms with E-state index < -0.39 is 0 Å². The molecule has 4 nitrogen and oxygen atoms in total. The van der Waals surface area contributed by atoms with Crippen LogP contribution in [0.25, 0.3) is 0 Å². The first-order chi connectivity index (χ1) is 11.6. The molecule has 1 heterocycles. The van der Waals surface area contributed by atoms with Crippen molar-refractivity contribution in [3.05, 3.63) is 53.1 Å². The number of thioether (sulfide) groups is 1. The zero-order valence-corrected chi connectivity index (χ0v) is 14.8. The summed E-state index contributed by atoms with van der Waals surface area (Å²) in [5.41, 5.74) is 0.986. The minimum absolute atomic E-state index is 0.0256. The molecule has 0 aliphatic carbocycles. The summed E-state index contributed by atoms with van der Waals surface area (Å²) in [6, 6.07) is 13.1. The van der Waals surface area contributed by atoms with Crippen LogP contribution in [0.15, 0.2) is 47.4 Å². The van der Waals surface area contributed by atoms with Crippen LogP contribution >= 0.6 is 23.4 Å². The number of ether oxygens (including phenoxy) is 2. The van der Waals surface area contributed by atoms with Gasteiger partial charge in [-0.3, -0.25) is 4.79 Å². The minimum Gasteiger partial charge on any atom is -0.486 e. The van der Waals surface area contributed by atoms with Gasteiger partial charge in [0.05, 0.1) is 11.8 Å². The van der Waals surface area contributed by atoms with Crippen molar-refractivity contribution in [2.45, 2.75) is 17.9 Å². The van der Waals surface area contributed by atoms with E-state index in [0.717, 1.165) is 22.0 Å². The molecule has 1 atom stereocenters. The quantitative estimate of drug-likeness (QED) is 0.813. The van der Waals surface area contributed by atoms with Gasteiger partial charge < -0.3 is 14.8 Å². The van der Waals surface area contributed by atoms with Crippen LogP contribution in [0.2, 0.25) is 5.02 Å². The number of fused-ring (bicyclic) bond motifs is 1. The van der Waals surface area contributed by atoms with Crippen LogP contribution in [0.3, 0.4) is 0 Å². The van der Waals surface area contributed by atoms with Gasteiger partial charge in [-0.15, -0.1) is 11.8 Å². The lowest BCUT2D eigenvalue weighted by Crippen LogP contribution is -2.28. The fraction of sp³-hybridized carbons (Fsp3) is 0.278. The van der Waals surface area contributed by atoms with Crippen LogP contribution in [0.5, 0.6) is 11.5 Å². The molecule has 126 valence electrons. The van der Waals surface area contributed by atoms with E-state index in [1.807, 2.05) is 49.4 Å². The monoisotopic (exact) mass is 363 g/mol. The number of hydrogen-bond acceptors (Lipinski definition) is 4. The average molecular weight is 364 g/mol. The third-order valence-corrected chi connectivity index (χ3v) is 4.84. The zero-order valence-electron chi connectivity index (χ0n) is 13.3. The van der Waals surface area contributed by atoms with Gasteiger partial charge in [-0.25, -0.2) is 0 Å². The molecule has 6 heteroatoms. The van der Waals surface area contributed by atoms with E-state index in [4.69, 9.17) is 21.1 Å². The summed E-state index contributed by atoms with van der Waals surface area (Å²) in [5.74, 6) is 1.80. The van der Waals surface area contributed by atoms with E-state index in [2.05, 4.69) is 5.32 Å². The van der Waals surface area contributed by atoms with E-state index >= 15 is 0 Å². The van der Waals surface area contributed by atoms with Crippen molar-refractivity contribution in [3.63, 3.8) is 0 Å². The molecule has 2 aromatic rings. The Balaban J connectivity index is 1.54. The Kier molecular flexibility index (Phi) is 5.53. The van der Waals surface area contributed by atoms with Crippen molar-refractivity contribution < 1.29 is 14.3 Å². The van der Waals surface area contributed by atoms with Crippen LogP contribution in [0, 0.1) is 0 Å². The van der Waals surface area contributed by atoms with Crippen LogP contribution in [-0.4, -0.2) is 24.9 Å². The van der Waals surface area contributed by atoms with Crippen molar-refractivity contribution >= 4 is 29.3 Å². The molecule has 0 aromatic heterocycles. The number of benzene rings is 2. The molecular formula is C18H18ClNO3S. The zero-order chi connectivity index (χ0) is 16.9. The normalized spacial score (nSPS) is 14.1. The fourth-order valence-electron chi connectivity index (χ4n) is 2.40. The molecule has 0 radical (unpaired) electrons. The van der Waals surface area contributed by atoms with Crippen molar-refractivity contribution in [3.8, 4) is 11.5 Å². The second kappa shape index (κ2) is 7.81. The van der Waals surface area contributed by atoms with E-state index in [-0.39, 0.29) is 11.9 Å². The van der Waals surface area contributed by atoms with Crippen LogP contribution in [0.1, 0.15) is 18.5 Å². The van der Waals surface area contributed by atoms with Crippen molar-refractivity contribution in [2.24, 2.45) is 0 Å². The number of carbonyl (C=O) groups is 1. The fourth-order valence-corrected chi connectivity index (χ4v) is 3.34. The maximum Gasteiger partial charge on any atom is 0.230 e. The Bertz CT molecular complexity index is 738. The summed E-state index contributed by atoms with van der Waals surface area (Å²) >= 11 is 7.45. The second-order valence-electron chi connectivity index (χ2n) is 5.44. The SMILES string of the molecule is C[C@@H](NC(=O)CSc1ccc2c(c1)OCCO2)c1cccc(Cl)c1. The number of amides is 1. The average Bonchev–Trinajstić information content (AvgIpc) is 2.59. The molecule has 0 unspecified atom stereocenters. The smallest absolute Gasteiger partial charge is 0.230 e. The van der Waals surface area contributed by atoms with E-state index in [0.29, 0.717) is 24.0 Å². The third kappa shape index (κ3) is 4.36. The first-order valence-electron chi connectivity index (χ1n) is 7.69. The highest BCUT2D eigenvalue weighted by Crippen LogP contribution is 2.34. The number of halogens is 1. The summed E-state index contributed by atoms with van der Waals surface area (Å²) in [7, 11) is 0. The van der Waals surface area contributed by atoms with Gasteiger partial charge in [0.1, 0.15) is 13.2 Å². The second-order valence-corrected chi connectivity index (χ2v) is 6.92. The van der Waals surface area contributed by atoms with E-state index in [1.54, 1.807) is 0 Å². The molecule has 0 bridgehead atoms. The highest BCUT2D eigenvalue weighted by molar-refractivity contribution is 8.00. The summed E-state index contributed by atoms with van der Waals surface area (Å²) < 4.78 is 11.0. The van der Waals surface area contributed by atoms with Crippen molar-refractivity contribution in [2.75, 3.05) is 19.0 Å². The van der Waals surface area contributed by atoms with Gasteiger partial charge in [0, 0.05) is 9.92 Å². The molecular weight excluding hydrogens is 346 g/mol. The molecule has 0 saturated heterocycles. The predicted octanol–water partition coefficient (Wildman–Crippen LogP) is 4.08. The molecule has 3 rings (SSSR count). The van der Waals surface area contributed by atoms with Gasteiger partial charge in [0.25, 0.3) is 0 Å². The topological polar surface area (TPSA) is 47.6 Å². The molecule has 0 spiro atoms. The summed E-state index contributed by atoms with van der Waals surface area (Å²) in [6.07, 6.45) is 0. The first-order valence-corrected chi connectivity index (χ1v) is 9.05. The molecule has 0 fully saturated rings. The molecule has 1 aliphatic heterocycles. The maximum atomic E-state index is 12.2. The van der Waals surface area contributed by atoms with Crippen LogP contribution < -0.4 is 14.8 Å². The molecule has 1 aliphatic rings. The highest BCUT2D eigenvalue weighted by atomic mass is 35.5. The lowest BCUT2D eigenvalue weighted by Gasteiger charge is -2.19. The summed E-state index contributed by atoms with van der Waals surface area (Å²) in [4.78, 5) is 13.1. The predicted molar refractivity (Wildman–Crippen MR) is 96.2 cm³/mol. The van der Waals surface area contributed by atoms with Crippen LogP contribution in [0.4, 0.5) is 0 Å². The van der Waals surface area contributed by atoms with Gasteiger partial charge in [-0.2, -0.15) is 0 Å². The van der Waals surface area contributed by atoms with Gasteiger partial charge in [-0.05, 0) is 42.8 Å². The van der Waals surface area contributed by atoms with E-state index in [1.165, 1.54) is 11.8 Å².